The molecule has 3 heteroatoms. The molecule has 3 nitrogen and oxygen atoms in total. The van der Waals surface area contributed by atoms with E-state index in [9.17, 15) is 4.79 Å². The van der Waals surface area contributed by atoms with Gasteiger partial charge < -0.3 is 9.47 Å². The van der Waals surface area contributed by atoms with Crippen molar-refractivity contribution in [1.29, 1.82) is 0 Å². The van der Waals surface area contributed by atoms with Gasteiger partial charge >= 0.3 is 5.97 Å². The molecule has 22 heavy (non-hydrogen) atoms. The number of para-hydroxylation sites is 1. The fourth-order valence-electron chi connectivity index (χ4n) is 2.09. The minimum absolute atomic E-state index is 0.237. The number of esters is 1. The van der Waals surface area contributed by atoms with Gasteiger partial charge in [0.25, 0.3) is 0 Å². The van der Waals surface area contributed by atoms with Crippen LogP contribution in [-0.4, -0.2) is 18.2 Å². The van der Waals surface area contributed by atoms with Crippen molar-refractivity contribution in [2.75, 3.05) is 6.61 Å². The zero-order chi connectivity index (χ0) is 16.0. The van der Waals surface area contributed by atoms with Crippen LogP contribution < -0.4 is 4.74 Å². The summed E-state index contributed by atoms with van der Waals surface area (Å²) < 4.78 is 11.0. The van der Waals surface area contributed by atoms with Crippen LogP contribution in [-0.2, 0) is 9.53 Å². The van der Waals surface area contributed by atoms with E-state index in [2.05, 4.69) is 0 Å². The minimum Gasteiger partial charge on any atom is -0.492 e. The van der Waals surface area contributed by atoms with Crippen LogP contribution in [0.2, 0.25) is 0 Å². The predicted octanol–water partition coefficient (Wildman–Crippen LogP) is 4.46. The first-order valence-corrected chi connectivity index (χ1v) is 7.45. The Hall–Kier alpha value is -2.29. The Morgan fingerprint density at radius 3 is 2.27 bits per heavy atom. The van der Waals surface area contributed by atoms with Gasteiger partial charge in [0.2, 0.25) is 0 Å². The summed E-state index contributed by atoms with van der Waals surface area (Å²) in [7, 11) is 0. The van der Waals surface area contributed by atoms with Crippen molar-refractivity contribution in [3.63, 3.8) is 0 Å². The summed E-state index contributed by atoms with van der Waals surface area (Å²) in [5.74, 6) is 0.530. The van der Waals surface area contributed by atoms with E-state index in [1.165, 1.54) is 0 Å². The summed E-state index contributed by atoms with van der Waals surface area (Å²) >= 11 is 0. The Balaban J connectivity index is 1.98. The Bertz CT molecular complexity index is 612. The van der Waals surface area contributed by atoms with Gasteiger partial charge in [0, 0.05) is 5.56 Å². The van der Waals surface area contributed by atoms with E-state index in [-0.39, 0.29) is 12.4 Å². The first-order chi connectivity index (χ1) is 10.5. The van der Waals surface area contributed by atoms with Crippen LogP contribution >= 0.6 is 0 Å². The van der Waals surface area contributed by atoms with E-state index < -0.39 is 5.60 Å². The molecule has 0 bridgehead atoms. The summed E-state index contributed by atoms with van der Waals surface area (Å²) in [6.45, 7) is 5.88. The molecule has 0 aromatic heterocycles. The van der Waals surface area contributed by atoms with E-state index in [1.807, 2.05) is 75.4 Å². The summed E-state index contributed by atoms with van der Waals surface area (Å²) in [5, 5.41) is 0. The van der Waals surface area contributed by atoms with Gasteiger partial charge in [-0.3, -0.25) is 4.79 Å². The van der Waals surface area contributed by atoms with Crippen molar-refractivity contribution in [3.05, 3.63) is 54.6 Å². The quantitative estimate of drug-likeness (QED) is 0.764. The normalized spacial score (nSPS) is 11.0. The molecule has 0 saturated carbocycles. The monoisotopic (exact) mass is 298 g/mol. The lowest BCUT2D eigenvalue weighted by molar-refractivity contribution is -0.155. The van der Waals surface area contributed by atoms with Crippen LogP contribution in [0, 0.1) is 0 Å². The smallest absolute Gasteiger partial charge is 0.309 e. The number of carbonyl (C=O) groups is 1. The van der Waals surface area contributed by atoms with Gasteiger partial charge in [0.05, 0.1) is 13.0 Å². The van der Waals surface area contributed by atoms with Crippen LogP contribution in [0.1, 0.15) is 27.2 Å². The predicted molar refractivity (Wildman–Crippen MR) is 87.8 cm³/mol. The highest BCUT2D eigenvalue weighted by molar-refractivity contribution is 5.71. The summed E-state index contributed by atoms with van der Waals surface area (Å²) in [6.07, 6.45) is 0.237. The summed E-state index contributed by atoms with van der Waals surface area (Å²) in [4.78, 5) is 11.7. The van der Waals surface area contributed by atoms with Gasteiger partial charge in [0.15, 0.2) is 0 Å². The first-order valence-electron chi connectivity index (χ1n) is 7.45. The maximum atomic E-state index is 11.7. The summed E-state index contributed by atoms with van der Waals surface area (Å²) in [5.41, 5.74) is 1.65. The van der Waals surface area contributed by atoms with Crippen LogP contribution in [0.15, 0.2) is 54.6 Å². The fourth-order valence-corrected chi connectivity index (χ4v) is 2.09. The lowest BCUT2D eigenvalue weighted by Crippen LogP contribution is -2.24. The number of rotatable bonds is 5. The van der Waals surface area contributed by atoms with Crippen molar-refractivity contribution >= 4 is 5.97 Å². The van der Waals surface area contributed by atoms with Gasteiger partial charge in [-0.2, -0.15) is 0 Å². The lowest BCUT2D eigenvalue weighted by atomic mass is 10.1. The first kappa shape index (κ1) is 16.1. The number of hydrogen-bond donors (Lipinski definition) is 0. The fraction of sp³-hybridized carbons (Fsp3) is 0.316. The van der Waals surface area contributed by atoms with Crippen molar-refractivity contribution in [3.8, 4) is 16.9 Å². The van der Waals surface area contributed by atoms with Crippen molar-refractivity contribution in [2.45, 2.75) is 32.8 Å². The van der Waals surface area contributed by atoms with E-state index in [1.54, 1.807) is 0 Å². The maximum absolute atomic E-state index is 11.7. The van der Waals surface area contributed by atoms with Gasteiger partial charge in [-0.1, -0.05) is 48.5 Å². The van der Waals surface area contributed by atoms with E-state index >= 15 is 0 Å². The van der Waals surface area contributed by atoms with Gasteiger partial charge in [-0.05, 0) is 32.4 Å². The van der Waals surface area contributed by atoms with Crippen LogP contribution in [0.3, 0.4) is 0 Å². The van der Waals surface area contributed by atoms with Crippen molar-refractivity contribution in [2.24, 2.45) is 0 Å². The topological polar surface area (TPSA) is 35.5 Å². The molecule has 0 atom stereocenters. The molecule has 0 aliphatic rings. The van der Waals surface area contributed by atoms with E-state index in [0.717, 1.165) is 16.9 Å². The second-order valence-electron chi connectivity index (χ2n) is 6.05. The standard InChI is InChI=1S/C19H22O3/c1-19(2,3)22-18(20)13-14-21-17-12-8-7-11-16(17)15-9-5-4-6-10-15/h4-12H,13-14H2,1-3H3. The van der Waals surface area contributed by atoms with Gasteiger partial charge in [0.1, 0.15) is 11.4 Å². The minimum atomic E-state index is -0.459. The summed E-state index contributed by atoms with van der Waals surface area (Å²) in [6, 6.07) is 17.9. The molecule has 0 amide bonds. The SMILES string of the molecule is CC(C)(C)OC(=O)CCOc1ccccc1-c1ccccc1. The highest BCUT2D eigenvalue weighted by atomic mass is 16.6. The van der Waals surface area contributed by atoms with Crippen LogP contribution in [0.5, 0.6) is 5.75 Å². The van der Waals surface area contributed by atoms with Crippen molar-refractivity contribution < 1.29 is 14.3 Å². The van der Waals surface area contributed by atoms with Gasteiger partial charge in [-0.15, -0.1) is 0 Å². The third-order valence-electron chi connectivity index (χ3n) is 2.96. The molecule has 0 fully saturated rings. The molecule has 0 heterocycles. The molecular weight excluding hydrogens is 276 g/mol. The average Bonchev–Trinajstić information content (AvgIpc) is 2.47. The molecule has 0 N–H and O–H groups in total. The molecule has 0 aliphatic carbocycles. The second kappa shape index (κ2) is 7.12. The van der Waals surface area contributed by atoms with Crippen LogP contribution in [0.25, 0.3) is 11.1 Å². The molecule has 116 valence electrons. The molecule has 0 radical (unpaired) electrons. The molecule has 2 rings (SSSR count). The average molecular weight is 298 g/mol. The molecule has 2 aromatic rings. The Kier molecular flexibility index (Phi) is 5.21. The molecular formula is C19H22O3. The number of ether oxygens (including phenoxy) is 2. The zero-order valence-corrected chi connectivity index (χ0v) is 13.3. The lowest BCUT2D eigenvalue weighted by Gasteiger charge is -2.19. The second-order valence-corrected chi connectivity index (χ2v) is 6.05. The molecule has 0 saturated heterocycles. The Labute approximate surface area is 131 Å². The highest BCUT2D eigenvalue weighted by Gasteiger charge is 2.16. The molecule has 2 aromatic carbocycles. The zero-order valence-electron chi connectivity index (χ0n) is 13.3. The molecule has 0 unspecified atom stereocenters. The highest BCUT2D eigenvalue weighted by Crippen LogP contribution is 2.29. The largest absolute Gasteiger partial charge is 0.492 e. The van der Waals surface area contributed by atoms with Gasteiger partial charge in [-0.25, -0.2) is 0 Å². The third-order valence-corrected chi connectivity index (χ3v) is 2.96. The number of hydrogen-bond acceptors (Lipinski definition) is 3. The maximum Gasteiger partial charge on any atom is 0.309 e. The van der Waals surface area contributed by atoms with E-state index in [4.69, 9.17) is 9.47 Å². The van der Waals surface area contributed by atoms with Crippen molar-refractivity contribution in [1.82, 2.24) is 0 Å². The Morgan fingerprint density at radius 1 is 0.955 bits per heavy atom. The van der Waals surface area contributed by atoms with E-state index in [0.29, 0.717) is 6.61 Å². The Morgan fingerprint density at radius 2 is 1.59 bits per heavy atom. The van der Waals surface area contributed by atoms with Crippen LogP contribution in [0.4, 0.5) is 0 Å². The number of carbonyl (C=O) groups excluding carboxylic acids is 1. The number of benzene rings is 2. The third kappa shape index (κ3) is 4.92. The molecule has 0 aliphatic heterocycles. The molecule has 0 spiro atoms.